The first-order chi connectivity index (χ1) is 14.1. The molecule has 3 aromatic rings. The molecule has 0 fully saturated rings. The monoisotopic (exact) mass is 493 g/mol. The van der Waals surface area contributed by atoms with Crippen molar-refractivity contribution in [2.45, 2.75) is 19.7 Å². The minimum atomic E-state index is 0.280. The van der Waals surface area contributed by atoms with Gasteiger partial charge in [-0.25, -0.2) is 0 Å². The van der Waals surface area contributed by atoms with Gasteiger partial charge in [-0.15, -0.1) is 0 Å². The summed E-state index contributed by atoms with van der Waals surface area (Å²) in [5.41, 5.74) is 3.06. The molecule has 0 bridgehead atoms. The van der Waals surface area contributed by atoms with Gasteiger partial charge in [0.2, 0.25) is 6.79 Å². The second-order valence-corrected chi connectivity index (χ2v) is 8.33. The molecular weight excluding hydrogens is 477 g/mol. The lowest BCUT2D eigenvalue weighted by molar-refractivity contribution is 0.174. The van der Waals surface area contributed by atoms with Gasteiger partial charge in [0.15, 0.2) is 11.5 Å². The first-order valence-corrected chi connectivity index (χ1v) is 10.6. The standard InChI is InChI=1S/C22H18BrCl2NO3/c23-17-3-6-20(27-12-15-2-4-18(24)9-19(15)25)16(8-17)11-26-10-14-1-5-21-22(7-14)29-13-28-21/h1-9,26H,10-13H2. The van der Waals surface area contributed by atoms with Crippen LogP contribution < -0.4 is 19.5 Å². The minimum Gasteiger partial charge on any atom is -0.489 e. The number of benzene rings is 3. The molecule has 1 heterocycles. The van der Waals surface area contributed by atoms with Crippen LogP contribution in [0.25, 0.3) is 0 Å². The highest BCUT2D eigenvalue weighted by Crippen LogP contribution is 2.32. The molecule has 0 saturated carbocycles. The van der Waals surface area contributed by atoms with E-state index in [1.54, 1.807) is 6.07 Å². The quantitative estimate of drug-likeness (QED) is 0.415. The van der Waals surface area contributed by atoms with Gasteiger partial charge >= 0.3 is 0 Å². The lowest BCUT2D eigenvalue weighted by Crippen LogP contribution is -2.13. The Morgan fingerprint density at radius 2 is 1.76 bits per heavy atom. The van der Waals surface area contributed by atoms with E-state index in [0.717, 1.165) is 38.4 Å². The van der Waals surface area contributed by atoms with Crippen molar-refractivity contribution in [2.75, 3.05) is 6.79 Å². The lowest BCUT2D eigenvalue weighted by Gasteiger charge is -2.14. The maximum Gasteiger partial charge on any atom is 0.231 e. The Morgan fingerprint density at radius 1 is 0.897 bits per heavy atom. The molecule has 29 heavy (non-hydrogen) atoms. The van der Waals surface area contributed by atoms with E-state index >= 15 is 0 Å². The van der Waals surface area contributed by atoms with Crippen LogP contribution in [-0.2, 0) is 19.7 Å². The van der Waals surface area contributed by atoms with Crippen molar-refractivity contribution in [1.82, 2.24) is 5.32 Å². The second kappa shape index (κ2) is 9.26. The molecule has 3 aromatic carbocycles. The highest BCUT2D eigenvalue weighted by atomic mass is 79.9. The van der Waals surface area contributed by atoms with Crippen molar-refractivity contribution in [3.63, 3.8) is 0 Å². The van der Waals surface area contributed by atoms with Crippen molar-refractivity contribution in [1.29, 1.82) is 0 Å². The van der Waals surface area contributed by atoms with Crippen LogP contribution in [0.5, 0.6) is 17.2 Å². The van der Waals surface area contributed by atoms with Gasteiger partial charge in [-0.3, -0.25) is 0 Å². The maximum absolute atomic E-state index is 6.25. The zero-order valence-corrected chi connectivity index (χ0v) is 18.5. The zero-order chi connectivity index (χ0) is 20.2. The first kappa shape index (κ1) is 20.4. The Balaban J connectivity index is 1.40. The molecule has 4 nitrogen and oxygen atoms in total. The summed E-state index contributed by atoms with van der Waals surface area (Å²) >= 11 is 15.7. The average Bonchev–Trinajstić information content (AvgIpc) is 3.16. The van der Waals surface area contributed by atoms with E-state index in [0.29, 0.717) is 29.7 Å². The summed E-state index contributed by atoms with van der Waals surface area (Å²) in [6.07, 6.45) is 0. The van der Waals surface area contributed by atoms with Gasteiger partial charge < -0.3 is 19.5 Å². The number of rotatable bonds is 7. The molecule has 0 saturated heterocycles. The van der Waals surface area contributed by atoms with Crippen molar-refractivity contribution in [3.8, 4) is 17.2 Å². The molecule has 1 N–H and O–H groups in total. The van der Waals surface area contributed by atoms with E-state index in [1.807, 2.05) is 48.5 Å². The van der Waals surface area contributed by atoms with E-state index in [-0.39, 0.29) is 6.79 Å². The molecule has 0 spiro atoms. The molecule has 0 aromatic heterocycles. The van der Waals surface area contributed by atoms with Crippen LogP contribution in [0.3, 0.4) is 0 Å². The van der Waals surface area contributed by atoms with Crippen molar-refractivity contribution in [2.24, 2.45) is 0 Å². The Labute approximate surface area is 187 Å². The fourth-order valence-electron chi connectivity index (χ4n) is 3.01. The molecule has 1 aliphatic rings. The summed E-state index contributed by atoms with van der Waals surface area (Å²) in [7, 11) is 0. The van der Waals surface area contributed by atoms with E-state index in [1.165, 1.54) is 0 Å². The highest BCUT2D eigenvalue weighted by molar-refractivity contribution is 9.10. The van der Waals surface area contributed by atoms with Crippen molar-refractivity contribution < 1.29 is 14.2 Å². The van der Waals surface area contributed by atoms with Crippen LogP contribution in [0.15, 0.2) is 59.1 Å². The molecule has 0 radical (unpaired) electrons. The third kappa shape index (κ3) is 5.17. The third-order valence-electron chi connectivity index (χ3n) is 4.50. The molecule has 0 amide bonds. The normalized spacial score (nSPS) is 12.2. The molecular formula is C22H18BrCl2NO3. The Morgan fingerprint density at radius 3 is 2.62 bits per heavy atom. The second-order valence-electron chi connectivity index (χ2n) is 6.57. The van der Waals surface area contributed by atoms with Gasteiger partial charge in [0.25, 0.3) is 0 Å². The topological polar surface area (TPSA) is 39.7 Å². The van der Waals surface area contributed by atoms with Gasteiger partial charge in [0.05, 0.1) is 0 Å². The van der Waals surface area contributed by atoms with Gasteiger partial charge in [-0.05, 0) is 48.0 Å². The first-order valence-electron chi connectivity index (χ1n) is 9.03. The maximum atomic E-state index is 6.25. The number of halogens is 3. The summed E-state index contributed by atoms with van der Waals surface area (Å²) in [6, 6.07) is 17.3. The van der Waals surface area contributed by atoms with Gasteiger partial charge in [-0.2, -0.15) is 0 Å². The average molecular weight is 495 g/mol. The summed E-state index contributed by atoms with van der Waals surface area (Å²) in [6.45, 7) is 2.00. The van der Waals surface area contributed by atoms with Crippen LogP contribution in [0, 0.1) is 0 Å². The molecule has 0 aliphatic carbocycles. The minimum absolute atomic E-state index is 0.280. The molecule has 150 valence electrons. The van der Waals surface area contributed by atoms with Gasteiger partial charge in [0.1, 0.15) is 12.4 Å². The lowest BCUT2D eigenvalue weighted by atomic mass is 10.1. The van der Waals surface area contributed by atoms with Gasteiger partial charge in [-0.1, -0.05) is 51.3 Å². The number of fused-ring (bicyclic) bond motifs is 1. The smallest absolute Gasteiger partial charge is 0.231 e. The highest BCUT2D eigenvalue weighted by Gasteiger charge is 2.13. The van der Waals surface area contributed by atoms with Crippen LogP contribution in [-0.4, -0.2) is 6.79 Å². The van der Waals surface area contributed by atoms with Crippen LogP contribution >= 0.6 is 39.1 Å². The largest absolute Gasteiger partial charge is 0.489 e. The molecule has 1 aliphatic heterocycles. The fraction of sp³-hybridized carbons (Fsp3) is 0.182. The van der Waals surface area contributed by atoms with E-state index < -0.39 is 0 Å². The summed E-state index contributed by atoms with van der Waals surface area (Å²) in [5.74, 6) is 2.38. The Kier molecular flexibility index (Phi) is 6.50. The summed E-state index contributed by atoms with van der Waals surface area (Å²) in [4.78, 5) is 0. The Bertz CT molecular complexity index is 1030. The third-order valence-corrected chi connectivity index (χ3v) is 5.58. The fourth-order valence-corrected chi connectivity index (χ4v) is 3.89. The van der Waals surface area contributed by atoms with Crippen LogP contribution in [0.1, 0.15) is 16.7 Å². The van der Waals surface area contributed by atoms with E-state index in [9.17, 15) is 0 Å². The predicted octanol–water partition coefficient (Wildman–Crippen LogP) is 6.35. The number of hydrogen-bond acceptors (Lipinski definition) is 4. The molecule has 4 rings (SSSR count). The molecule has 7 heteroatoms. The van der Waals surface area contributed by atoms with E-state index in [4.69, 9.17) is 37.4 Å². The molecule has 0 atom stereocenters. The van der Waals surface area contributed by atoms with Crippen LogP contribution in [0.4, 0.5) is 0 Å². The summed E-state index contributed by atoms with van der Waals surface area (Å²) in [5, 5.41) is 4.65. The van der Waals surface area contributed by atoms with E-state index in [2.05, 4.69) is 21.2 Å². The van der Waals surface area contributed by atoms with Crippen LogP contribution in [0.2, 0.25) is 10.0 Å². The SMILES string of the molecule is Clc1ccc(COc2ccc(Br)cc2CNCc2ccc3c(c2)OCO3)c(Cl)c1. The predicted molar refractivity (Wildman–Crippen MR) is 118 cm³/mol. The number of nitrogens with one attached hydrogen (secondary N) is 1. The Hall–Kier alpha value is -1.92. The number of ether oxygens (including phenoxy) is 3. The van der Waals surface area contributed by atoms with Gasteiger partial charge in [0, 0.05) is 38.7 Å². The number of hydrogen-bond donors (Lipinski definition) is 1. The summed E-state index contributed by atoms with van der Waals surface area (Å²) < 4.78 is 17.8. The molecule has 0 unspecified atom stereocenters. The van der Waals surface area contributed by atoms with Crippen molar-refractivity contribution in [3.05, 3.63) is 85.8 Å². The zero-order valence-electron chi connectivity index (χ0n) is 15.4. The van der Waals surface area contributed by atoms with Crippen molar-refractivity contribution >= 4 is 39.1 Å².